The number of aromatic nitrogens is 4. The van der Waals surface area contributed by atoms with Crippen molar-refractivity contribution >= 4 is 0 Å². The van der Waals surface area contributed by atoms with Crippen LogP contribution in [0.25, 0.3) is 33.8 Å². The van der Waals surface area contributed by atoms with Gasteiger partial charge in [-0.1, -0.05) is 48.5 Å². The van der Waals surface area contributed by atoms with Gasteiger partial charge in [-0.2, -0.15) is 5.10 Å². The number of benzene rings is 2. The van der Waals surface area contributed by atoms with E-state index in [0.29, 0.717) is 13.0 Å². The van der Waals surface area contributed by atoms with Crippen molar-refractivity contribution in [3.63, 3.8) is 0 Å². The van der Waals surface area contributed by atoms with Crippen LogP contribution in [0.3, 0.4) is 0 Å². The third kappa shape index (κ3) is 3.93. The van der Waals surface area contributed by atoms with Gasteiger partial charge in [0.1, 0.15) is 0 Å². The fourth-order valence-electron chi connectivity index (χ4n) is 2.96. The second-order valence-electron chi connectivity index (χ2n) is 6.29. The molecule has 0 saturated carbocycles. The van der Waals surface area contributed by atoms with Gasteiger partial charge in [-0.05, 0) is 30.7 Å². The highest BCUT2D eigenvalue weighted by Crippen LogP contribution is 2.25. The van der Waals surface area contributed by atoms with E-state index >= 15 is 0 Å². The van der Waals surface area contributed by atoms with Crippen LogP contribution in [0.15, 0.2) is 79.0 Å². The largest absolute Gasteiger partial charge is 0.396 e. The first-order valence-corrected chi connectivity index (χ1v) is 8.98. The summed E-state index contributed by atoms with van der Waals surface area (Å²) in [5.41, 5.74) is 5.69. The Bertz CT molecular complexity index is 1010. The molecule has 134 valence electrons. The summed E-state index contributed by atoms with van der Waals surface area (Å²) in [6.07, 6.45) is 2.64. The number of hydrogen-bond donors (Lipinski definition) is 1. The molecule has 4 rings (SSSR count). The quantitative estimate of drug-likeness (QED) is 0.566. The average Bonchev–Trinajstić information content (AvgIpc) is 3.22. The zero-order chi connectivity index (χ0) is 18.5. The van der Waals surface area contributed by atoms with Crippen LogP contribution in [0.2, 0.25) is 0 Å². The molecule has 0 unspecified atom stereocenters. The number of nitrogens with zero attached hydrogens (tertiary/aromatic N) is 4. The van der Waals surface area contributed by atoms with Gasteiger partial charge < -0.3 is 5.11 Å². The van der Waals surface area contributed by atoms with Gasteiger partial charge in [-0.15, -0.1) is 10.2 Å². The van der Waals surface area contributed by atoms with Crippen molar-refractivity contribution in [1.82, 2.24) is 20.0 Å². The van der Waals surface area contributed by atoms with Crippen molar-refractivity contribution in [3.05, 3.63) is 79.0 Å². The zero-order valence-electron chi connectivity index (χ0n) is 14.9. The first kappa shape index (κ1) is 17.1. The Balaban J connectivity index is 1.58. The maximum Gasteiger partial charge on any atom is 0.0930 e. The van der Waals surface area contributed by atoms with Gasteiger partial charge >= 0.3 is 0 Å². The van der Waals surface area contributed by atoms with Crippen LogP contribution in [0.1, 0.15) is 6.42 Å². The molecule has 0 aliphatic rings. The molecule has 2 heterocycles. The standard InChI is InChI=1S/C22H20N4O/c27-15-5-13-26-14-12-22(25-26)19-9-4-8-18(16-19)21-11-10-20(23-24-21)17-6-2-1-3-7-17/h1-4,6-12,14,16,27H,5,13,15H2. The van der Waals surface area contributed by atoms with Gasteiger partial charge in [-0.25, -0.2) is 0 Å². The summed E-state index contributed by atoms with van der Waals surface area (Å²) in [4.78, 5) is 0. The maximum atomic E-state index is 8.95. The Kier molecular flexibility index (Phi) is 5.03. The predicted molar refractivity (Wildman–Crippen MR) is 106 cm³/mol. The molecule has 0 saturated heterocycles. The summed E-state index contributed by atoms with van der Waals surface area (Å²) in [6, 6.07) is 24.1. The Morgan fingerprint density at radius 1 is 0.704 bits per heavy atom. The van der Waals surface area contributed by atoms with E-state index in [-0.39, 0.29) is 6.61 Å². The van der Waals surface area contributed by atoms with E-state index in [9.17, 15) is 0 Å². The first-order valence-electron chi connectivity index (χ1n) is 8.98. The van der Waals surface area contributed by atoms with Crippen LogP contribution in [0.4, 0.5) is 0 Å². The molecule has 0 amide bonds. The molecule has 0 bridgehead atoms. The zero-order valence-corrected chi connectivity index (χ0v) is 14.9. The Hall–Kier alpha value is -3.31. The van der Waals surface area contributed by atoms with E-state index in [0.717, 1.165) is 33.8 Å². The number of aliphatic hydroxyl groups is 1. The third-order valence-electron chi connectivity index (χ3n) is 4.37. The third-order valence-corrected chi connectivity index (χ3v) is 4.37. The second kappa shape index (κ2) is 7.93. The number of hydrogen-bond acceptors (Lipinski definition) is 4. The Labute approximate surface area is 158 Å². The molecule has 0 radical (unpaired) electrons. The maximum absolute atomic E-state index is 8.95. The van der Waals surface area contributed by atoms with Crippen molar-refractivity contribution in [2.45, 2.75) is 13.0 Å². The lowest BCUT2D eigenvalue weighted by Gasteiger charge is -2.05. The molecule has 4 aromatic rings. The van der Waals surface area contributed by atoms with Gasteiger partial charge in [0.25, 0.3) is 0 Å². The molecule has 5 heteroatoms. The molecule has 1 N–H and O–H groups in total. The van der Waals surface area contributed by atoms with Crippen molar-refractivity contribution in [3.8, 4) is 33.8 Å². The summed E-state index contributed by atoms with van der Waals surface area (Å²) in [7, 11) is 0. The molecule has 27 heavy (non-hydrogen) atoms. The van der Waals surface area contributed by atoms with Crippen molar-refractivity contribution in [1.29, 1.82) is 0 Å². The minimum atomic E-state index is 0.169. The average molecular weight is 356 g/mol. The predicted octanol–water partition coefficient (Wildman–Crippen LogP) is 4.06. The first-order chi connectivity index (χ1) is 13.3. The fraction of sp³-hybridized carbons (Fsp3) is 0.136. The van der Waals surface area contributed by atoms with Gasteiger partial charge in [-0.3, -0.25) is 4.68 Å². The monoisotopic (exact) mass is 356 g/mol. The minimum absolute atomic E-state index is 0.169. The molecule has 5 nitrogen and oxygen atoms in total. The highest BCUT2D eigenvalue weighted by molar-refractivity contribution is 5.70. The summed E-state index contributed by atoms with van der Waals surface area (Å²) >= 11 is 0. The van der Waals surface area contributed by atoms with E-state index in [4.69, 9.17) is 5.11 Å². The van der Waals surface area contributed by atoms with Crippen molar-refractivity contribution < 1.29 is 5.11 Å². The van der Waals surface area contributed by atoms with Gasteiger partial charge in [0, 0.05) is 36.0 Å². The summed E-state index contributed by atoms with van der Waals surface area (Å²) in [5.74, 6) is 0. The Morgan fingerprint density at radius 2 is 1.37 bits per heavy atom. The highest BCUT2D eigenvalue weighted by Gasteiger charge is 2.07. The SMILES string of the molecule is OCCCn1ccc(-c2cccc(-c3ccc(-c4ccccc4)nn3)c2)n1. The van der Waals surface area contributed by atoms with Crippen LogP contribution in [0.5, 0.6) is 0 Å². The number of aliphatic hydroxyl groups excluding tert-OH is 1. The molecular weight excluding hydrogens is 336 g/mol. The van der Waals surface area contributed by atoms with Crippen LogP contribution in [-0.2, 0) is 6.54 Å². The number of rotatable bonds is 6. The van der Waals surface area contributed by atoms with Crippen LogP contribution < -0.4 is 0 Å². The van der Waals surface area contributed by atoms with Gasteiger partial charge in [0.05, 0.1) is 17.1 Å². The van der Waals surface area contributed by atoms with E-state index < -0.39 is 0 Å². The van der Waals surface area contributed by atoms with Gasteiger partial charge in [0.2, 0.25) is 0 Å². The molecule has 0 fully saturated rings. The molecule has 0 aliphatic carbocycles. The van der Waals surface area contributed by atoms with Crippen molar-refractivity contribution in [2.24, 2.45) is 0 Å². The molecule has 0 aliphatic heterocycles. The Morgan fingerprint density at radius 3 is 2.07 bits per heavy atom. The molecule has 2 aromatic heterocycles. The lowest BCUT2D eigenvalue weighted by Crippen LogP contribution is -2.00. The van der Waals surface area contributed by atoms with E-state index in [1.54, 1.807) is 0 Å². The molecule has 0 atom stereocenters. The normalized spacial score (nSPS) is 10.9. The second-order valence-corrected chi connectivity index (χ2v) is 6.29. The lowest BCUT2D eigenvalue weighted by atomic mass is 10.1. The van der Waals surface area contributed by atoms with E-state index in [1.807, 2.05) is 77.6 Å². The van der Waals surface area contributed by atoms with E-state index in [2.05, 4.69) is 21.4 Å². The summed E-state index contributed by atoms with van der Waals surface area (Å²) in [6.45, 7) is 0.880. The summed E-state index contributed by atoms with van der Waals surface area (Å²) in [5, 5.41) is 22.3. The van der Waals surface area contributed by atoms with E-state index in [1.165, 1.54) is 0 Å². The molecule has 0 spiro atoms. The minimum Gasteiger partial charge on any atom is -0.396 e. The number of aryl methyl sites for hydroxylation is 1. The smallest absolute Gasteiger partial charge is 0.0930 e. The fourth-order valence-corrected chi connectivity index (χ4v) is 2.96. The van der Waals surface area contributed by atoms with Gasteiger partial charge in [0.15, 0.2) is 0 Å². The molecule has 2 aromatic carbocycles. The topological polar surface area (TPSA) is 63.8 Å². The summed E-state index contributed by atoms with van der Waals surface area (Å²) < 4.78 is 1.85. The highest BCUT2D eigenvalue weighted by atomic mass is 16.3. The van der Waals surface area contributed by atoms with Crippen LogP contribution in [-0.4, -0.2) is 31.7 Å². The van der Waals surface area contributed by atoms with Crippen molar-refractivity contribution in [2.75, 3.05) is 6.61 Å². The lowest BCUT2D eigenvalue weighted by molar-refractivity contribution is 0.277. The molecular formula is C22H20N4O. The van der Waals surface area contributed by atoms with Crippen LogP contribution >= 0.6 is 0 Å². The van der Waals surface area contributed by atoms with Crippen LogP contribution in [0, 0.1) is 0 Å².